The maximum Gasteiger partial charge on any atom is 0.236 e. The zero-order valence-corrected chi connectivity index (χ0v) is 10.1. The van der Waals surface area contributed by atoms with Gasteiger partial charge in [0.05, 0.1) is 13.2 Å². The normalized spacial score (nSPS) is 12.4. The third-order valence-electron chi connectivity index (χ3n) is 2.28. The second-order valence-corrected chi connectivity index (χ2v) is 3.34. The standard InChI is InChI=1S/C11H19N3O2/c1-4-12-9(5-8-15-2)10-11(16-3)14-7-6-13-10/h6-7,9,12H,4-5,8H2,1-3H3. The Balaban J connectivity index is 2.81. The average Bonchev–Trinajstić information content (AvgIpc) is 2.34. The first-order valence-corrected chi connectivity index (χ1v) is 5.40. The molecule has 90 valence electrons. The van der Waals surface area contributed by atoms with Crippen LogP contribution in [0.3, 0.4) is 0 Å². The fourth-order valence-corrected chi connectivity index (χ4v) is 1.55. The van der Waals surface area contributed by atoms with Crippen LogP contribution in [0.15, 0.2) is 12.4 Å². The van der Waals surface area contributed by atoms with Gasteiger partial charge < -0.3 is 14.8 Å². The summed E-state index contributed by atoms with van der Waals surface area (Å²) in [6, 6.07) is 0.119. The third-order valence-corrected chi connectivity index (χ3v) is 2.28. The molecule has 0 aliphatic heterocycles. The Labute approximate surface area is 96.2 Å². The van der Waals surface area contributed by atoms with Gasteiger partial charge in [0.2, 0.25) is 5.88 Å². The van der Waals surface area contributed by atoms with Gasteiger partial charge in [0.1, 0.15) is 5.69 Å². The Bertz CT molecular complexity index is 307. The van der Waals surface area contributed by atoms with E-state index in [1.165, 1.54) is 0 Å². The van der Waals surface area contributed by atoms with Gasteiger partial charge in [-0.05, 0) is 13.0 Å². The molecule has 0 saturated heterocycles. The van der Waals surface area contributed by atoms with E-state index >= 15 is 0 Å². The van der Waals surface area contributed by atoms with Crippen molar-refractivity contribution < 1.29 is 9.47 Å². The Morgan fingerprint density at radius 3 is 2.69 bits per heavy atom. The fourth-order valence-electron chi connectivity index (χ4n) is 1.55. The quantitative estimate of drug-likeness (QED) is 0.755. The molecule has 1 rings (SSSR count). The van der Waals surface area contributed by atoms with E-state index in [9.17, 15) is 0 Å². The molecule has 1 heterocycles. The highest BCUT2D eigenvalue weighted by atomic mass is 16.5. The molecule has 0 saturated carbocycles. The molecule has 1 unspecified atom stereocenters. The van der Waals surface area contributed by atoms with Gasteiger partial charge >= 0.3 is 0 Å². The van der Waals surface area contributed by atoms with Gasteiger partial charge in [-0.1, -0.05) is 6.92 Å². The van der Waals surface area contributed by atoms with E-state index in [-0.39, 0.29) is 6.04 Å². The molecular formula is C11H19N3O2. The summed E-state index contributed by atoms with van der Waals surface area (Å²) in [6.07, 6.45) is 4.15. The highest BCUT2D eigenvalue weighted by molar-refractivity contribution is 5.21. The topological polar surface area (TPSA) is 56.3 Å². The van der Waals surface area contributed by atoms with Gasteiger partial charge in [0.25, 0.3) is 0 Å². The highest BCUT2D eigenvalue weighted by Gasteiger charge is 2.17. The summed E-state index contributed by atoms with van der Waals surface area (Å²) in [4.78, 5) is 8.46. The number of hydrogen-bond donors (Lipinski definition) is 1. The molecular weight excluding hydrogens is 206 g/mol. The summed E-state index contributed by atoms with van der Waals surface area (Å²) >= 11 is 0. The fraction of sp³-hybridized carbons (Fsp3) is 0.636. The second kappa shape index (κ2) is 7.14. The van der Waals surface area contributed by atoms with E-state index < -0.39 is 0 Å². The van der Waals surface area contributed by atoms with Crippen molar-refractivity contribution in [3.05, 3.63) is 18.1 Å². The molecule has 0 aliphatic rings. The van der Waals surface area contributed by atoms with E-state index in [2.05, 4.69) is 22.2 Å². The van der Waals surface area contributed by atoms with Crippen LogP contribution in [-0.2, 0) is 4.74 Å². The van der Waals surface area contributed by atoms with Gasteiger partial charge in [0, 0.05) is 26.1 Å². The molecule has 1 N–H and O–H groups in total. The Kier molecular flexibility index (Phi) is 5.74. The van der Waals surface area contributed by atoms with Crippen LogP contribution in [-0.4, -0.2) is 37.3 Å². The molecule has 5 heteroatoms. The maximum absolute atomic E-state index is 5.20. The summed E-state index contributed by atoms with van der Waals surface area (Å²) in [7, 11) is 3.30. The van der Waals surface area contributed by atoms with Crippen molar-refractivity contribution in [1.82, 2.24) is 15.3 Å². The average molecular weight is 225 g/mol. The first-order valence-electron chi connectivity index (χ1n) is 5.40. The van der Waals surface area contributed by atoms with Gasteiger partial charge in [-0.3, -0.25) is 4.98 Å². The van der Waals surface area contributed by atoms with Crippen LogP contribution in [0.1, 0.15) is 25.1 Å². The molecule has 5 nitrogen and oxygen atoms in total. The van der Waals surface area contributed by atoms with Crippen LogP contribution >= 0.6 is 0 Å². The monoisotopic (exact) mass is 225 g/mol. The molecule has 1 aromatic rings. The maximum atomic E-state index is 5.20. The number of ether oxygens (including phenoxy) is 2. The Morgan fingerprint density at radius 2 is 2.06 bits per heavy atom. The van der Waals surface area contributed by atoms with Crippen LogP contribution in [0.2, 0.25) is 0 Å². The number of rotatable bonds is 7. The summed E-state index contributed by atoms with van der Waals surface area (Å²) in [5, 5.41) is 3.35. The van der Waals surface area contributed by atoms with E-state index in [1.54, 1.807) is 26.6 Å². The molecule has 0 aromatic carbocycles. The molecule has 0 radical (unpaired) electrons. The number of nitrogens with one attached hydrogen (secondary N) is 1. The van der Waals surface area contributed by atoms with Gasteiger partial charge in [-0.15, -0.1) is 0 Å². The van der Waals surface area contributed by atoms with Crippen LogP contribution in [0.5, 0.6) is 5.88 Å². The largest absolute Gasteiger partial charge is 0.480 e. The SMILES string of the molecule is CCNC(CCOC)c1nccnc1OC. The van der Waals surface area contributed by atoms with Crippen LogP contribution in [0, 0.1) is 0 Å². The lowest BCUT2D eigenvalue weighted by molar-refractivity contribution is 0.181. The van der Waals surface area contributed by atoms with Crippen molar-refractivity contribution in [3.63, 3.8) is 0 Å². The molecule has 1 atom stereocenters. The lowest BCUT2D eigenvalue weighted by Gasteiger charge is -2.18. The van der Waals surface area contributed by atoms with Crippen molar-refractivity contribution in [2.75, 3.05) is 27.4 Å². The first-order chi connectivity index (χ1) is 7.83. The third kappa shape index (κ3) is 3.43. The van der Waals surface area contributed by atoms with Crippen molar-refractivity contribution in [1.29, 1.82) is 0 Å². The molecule has 0 spiro atoms. The minimum Gasteiger partial charge on any atom is -0.480 e. The van der Waals surface area contributed by atoms with Crippen molar-refractivity contribution in [3.8, 4) is 5.88 Å². The predicted molar refractivity (Wildman–Crippen MR) is 61.5 cm³/mol. The van der Waals surface area contributed by atoms with Gasteiger partial charge in [-0.25, -0.2) is 4.98 Å². The summed E-state index contributed by atoms with van der Waals surface area (Å²) in [6.45, 7) is 3.61. The van der Waals surface area contributed by atoms with Gasteiger partial charge in [0.15, 0.2) is 0 Å². The Morgan fingerprint density at radius 1 is 1.31 bits per heavy atom. The van der Waals surface area contributed by atoms with Crippen LogP contribution in [0.4, 0.5) is 0 Å². The first kappa shape index (κ1) is 12.9. The van der Waals surface area contributed by atoms with E-state index in [0.29, 0.717) is 12.5 Å². The Hall–Kier alpha value is -1.20. The van der Waals surface area contributed by atoms with Crippen molar-refractivity contribution >= 4 is 0 Å². The van der Waals surface area contributed by atoms with Gasteiger partial charge in [-0.2, -0.15) is 0 Å². The van der Waals surface area contributed by atoms with Crippen LogP contribution in [0.25, 0.3) is 0 Å². The zero-order valence-electron chi connectivity index (χ0n) is 10.1. The molecule has 0 fully saturated rings. The van der Waals surface area contributed by atoms with E-state index in [1.807, 2.05) is 0 Å². The summed E-state index contributed by atoms with van der Waals surface area (Å²) in [5.41, 5.74) is 0.837. The molecule has 1 aromatic heterocycles. The summed E-state index contributed by atoms with van der Waals surface area (Å²) in [5.74, 6) is 0.574. The molecule has 0 aliphatic carbocycles. The van der Waals surface area contributed by atoms with Crippen molar-refractivity contribution in [2.45, 2.75) is 19.4 Å². The zero-order chi connectivity index (χ0) is 11.8. The molecule has 0 amide bonds. The number of aromatic nitrogens is 2. The summed E-state index contributed by atoms with van der Waals surface area (Å²) < 4.78 is 10.3. The lowest BCUT2D eigenvalue weighted by atomic mass is 10.1. The number of hydrogen-bond acceptors (Lipinski definition) is 5. The molecule has 0 bridgehead atoms. The number of methoxy groups -OCH3 is 2. The lowest BCUT2D eigenvalue weighted by Crippen LogP contribution is -2.24. The van der Waals surface area contributed by atoms with E-state index in [4.69, 9.17) is 9.47 Å². The van der Waals surface area contributed by atoms with Crippen LogP contribution < -0.4 is 10.1 Å². The second-order valence-electron chi connectivity index (χ2n) is 3.34. The predicted octanol–water partition coefficient (Wildman–Crippen LogP) is 1.17. The van der Waals surface area contributed by atoms with E-state index in [0.717, 1.165) is 18.7 Å². The molecule has 16 heavy (non-hydrogen) atoms. The smallest absolute Gasteiger partial charge is 0.236 e. The van der Waals surface area contributed by atoms with Crippen molar-refractivity contribution in [2.24, 2.45) is 0 Å². The highest BCUT2D eigenvalue weighted by Crippen LogP contribution is 2.22. The minimum atomic E-state index is 0.119. The minimum absolute atomic E-state index is 0.119. The number of nitrogens with zero attached hydrogens (tertiary/aromatic N) is 2.